The van der Waals surface area contributed by atoms with Crippen LogP contribution in [0.4, 0.5) is 0 Å². The van der Waals surface area contributed by atoms with Crippen LogP contribution in [0.3, 0.4) is 0 Å². The highest BCUT2D eigenvalue weighted by atomic mass is 79.9. The number of rotatable bonds is 4. The van der Waals surface area contributed by atoms with Gasteiger partial charge < -0.3 is 5.73 Å². The van der Waals surface area contributed by atoms with Gasteiger partial charge in [0.15, 0.2) is 0 Å². The van der Waals surface area contributed by atoms with Gasteiger partial charge in [-0.25, -0.2) is 0 Å². The maximum absolute atomic E-state index is 6.15. The summed E-state index contributed by atoms with van der Waals surface area (Å²) in [5.74, 6) is 1.24. The molecule has 1 rings (SSSR count). The third-order valence-corrected chi connectivity index (χ3v) is 4.51. The van der Waals surface area contributed by atoms with Gasteiger partial charge in [-0.1, -0.05) is 20.8 Å². The fourth-order valence-electron chi connectivity index (χ4n) is 1.37. The van der Waals surface area contributed by atoms with E-state index in [1.54, 1.807) is 11.3 Å². The fraction of sp³-hybridized carbons (Fsp3) is 0.636. The first-order chi connectivity index (χ1) is 6.50. The zero-order valence-corrected chi connectivity index (χ0v) is 11.4. The first-order valence-corrected chi connectivity index (χ1v) is 6.66. The summed E-state index contributed by atoms with van der Waals surface area (Å²) < 4.78 is 1.17. The lowest BCUT2D eigenvalue weighted by molar-refractivity contribution is 0.345. The molecule has 3 heteroatoms. The van der Waals surface area contributed by atoms with E-state index in [1.807, 2.05) is 0 Å². The van der Waals surface area contributed by atoms with Crippen molar-refractivity contribution in [3.63, 3.8) is 0 Å². The summed E-state index contributed by atoms with van der Waals surface area (Å²) in [6.07, 6.45) is 0.996. The molecule has 0 spiro atoms. The molecule has 0 aliphatic carbocycles. The molecule has 0 fully saturated rings. The smallest absolute Gasteiger partial charge is 0.0285 e. The quantitative estimate of drug-likeness (QED) is 0.892. The van der Waals surface area contributed by atoms with E-state index >= 15 is 0 Å². The molecule has 2 unspecified atom stereocenters. The van der Waals surface area contributed by atoms with Crippen LogP contribution in [0.2, 0.25) is 0 Å². The van der Waals surface area contributed by atoms with Gasteiger partial charge in [-0.2, -0.15) is 0 Å². The van der Waals surface area contributed by atoms with Crippen LogP contribution in [0.25, 0.3) is 0 Å². The topological polar surface area (TPSA) is 26.0 Å². The van der Waals surface area contributed by atoms with E-state index in [2.05, 4.69) is 48.1 Å². The van der Waals surface area contributed by atoms with E-state index in [9.17, 15) is 0 Å². The van der Waals surface area contributed by atoms with Crippen LogP contribution in [0.5, 0.6) is 0 Å². The molecule has 0 aliphatic rings. The monoisotopic (exact) mass is 275 g/mol. The summed E-state index contributed by atoms with van der Waals surface area (Å²) in [4.78, 5) is 1.37. The lowest BCUT2D eigenvalue weighted by atomic mass is 9.89. The molecule has 2 atom stereocenters. The van der Waals surface area contributed by atoms with Gasteiger partial charge in [0.1, 0.15) is 0 Å². The van der Waals surface area contributed by atoms with Crippen LogP contribution in [0, 0.1) is 11.8 Å². The second-order valence-corrected chi connectivity index (χ2v) is 6.11. The van der Waals surface area contributed by atoms with Gasteiger partial charge >= 0.3 is 0 Å². The number of halogens is 1. The molecule has 0 saturated carbocycles. The Kier molecular flexibility index (Phi) is 4.61. The summed E-state index contributed by atoms with van der Waals surface area (Å²) in [7, 11) is 0. The first-order valence-electron chi connectivity index (χ1n) is 4.99. The van der Waals surface area contributed by atoms with Crippen molar-refractivity contribution >= 4 is 27.3 Å². The summed E-state index contributed by atoms with van der Waals surface area (Å²) in [6, 6.07) is 2.44. The Bertz CT molecular complexity index is 283. The minimum Gasteiger partial charge on any atom is -0.327 e. The van der Waals surface area contributed by atoms with Crippen molar-refractivity contribution in [3.8, 4) is 0 Å². The van der Waals surface area contributed by atoms with Gasteiger partial charge in [-0.3, -0.25) is 0 Å². The highest BCUT2D eigenvalue weighted by molar-refractivity contribution is 9.10. The molecule has 0 radical (unpaired) electrons. The Labute approximate surface area is 98.8 Å². The van der Waals surface area contributed by atoms with Crippen molar-refractivity contribution in [2.24, 2.45) is 17.6 Å². The van der Waals surface area contributed by atoms with Crippen molar-refractivity contribution in [1.29, 1.82) is 0 Å². The number of hydrogen-bond acceptors (Lipinski definition) is 2. The van der Waals surface area contributed by atoms with Crippen molar-refractivity contribution in [1.82, 2.24) is 0 Å². The van der Waals surface area contributed by atoms with Gasteiger partial charge in [0.25, 0.3) is 0 Å². The zero-order chi connectivity index (χ0) is 10.7. The molecule has 1 aromatic rings. The Morgan fingerprint density at radius 2 is 2.07 bits per heavy atom. The maximum Gasteiger partial charge on any atom is 0.0285 e. The second-order valence-electron chi connectivity index (χ2n) is 4.20. The normalized spacial score (nSPS) is 15.9. The Morgan fingerprint density at radius 1 is 1.43 bits per heavy atom. The Morgan fingerprint density at radius 3 is 2.50 bits per heavy atom. The highest BCUT2D eigenvalue weighted by Crippen LogP contribution is 2.23. The van der Waals surface area contributed by atoms with E-state index < -0.39 is 0 Å². The third kappa shape index (κ3) is 3.37. The average molecular weight is 276 g/mol. The predicted molar refractivity (Wildman–Crippen MR) is 67.7 cm³/mol. The molecule has 0 bridgehead atoms. The third-order valence-electron chi connectivity index (χ3n) is 2.79. The molecule has 1 nitrogen and oxygen atoms in total. The molecule has 1 aromatic heterocycles. The van der Waals surface area contributed by atoms with Crippen LogP contribution < -0.4 is 5.73 Å². The van der Waals surface area contributed by atoms with E-state index in [0.29, 0.717) is 11.8 Å². The maximum atomic E-state index is 6.15. The lowest BCUT2D eigenvalue weighted by Crippen LogP contribution is -2.33. The van der Waals surface area contributed by atoms with Crippen molar-refractivity contribution in [2.45, 2.75) is 33.2 Å². The van der Waals surface area contributed by atoms with Crippen molar-refractivity contribution < 1.29 is 0 Å². The minimum atomic E-state index is 0.278. The SMILES string of the molecule is CC(C)C(C)C(N)Cc1cc(Br)cs1. The van der Waals surface area contributed by atoms with Gasteiger partial charge in [-0.05, 0) is 40.3 Å². The summed E-state index contributed by atoms with van der Waals surface area (Å²) in [5, 5.41) is 2.11. The number of thiophene rings is 1. The number of hydrogen-bond donors (Lipinski definition) is 1. The van der Waals surface area contributed by atoms with E-state index in [0.717, 1.165) is 6.42 Å². The highest BCUT2D eigenvalue weighted by Gasteiger charge is 2.17. The first kappa shape index (κ1) is 12.2. The largest absolute Gasteiger partial charge is 0.327 e. The van der Waals surface area contributed by atoms with Crippen LogP contribution in [-0.4, -0.2) is 6.04 Å². The predicted octanol–water partition coefficient (Wildman–Crippen LogP) is 3.67. The number of nitrogens with two attached hydrogens (primary N) is 1. The molecular formula is C11H18BrNS. The van der Waals surface area contributed by atoms with Crippen molar-refractivity contribution in [2.75, 3.05) is 0 Å². The molecule has 0 saturated heterocycles. The van der Waals surface area contributed by atoms with Crippen LogP contribution in [0.15, 0.2) is 15.9 Å². The van der Waals surface area contributed by atoms with Gasteiger partial charge in [0.2, 0.25) is 0 Å². The Balaban J connectivity index is 2.52. The average Bonchev–Trinajstić information content (AvgIpc) is 2.49. The molecule has 80 valence electrons. The molecule has 14 heavy (non-hydrogen) atoms. The molecule has 1 heterocycles. The van der Waals surface area contributed by atoms with Gasteiger partial charge in [-0.15, -0.1) is 11.3 Å². The summed E-state index contributed by atoms with van der Waals surface area (Å²) in [5.41, 5.74) is 6.15. The summed E-state index contributed by atoms with van der Waals surface area (Å²) >= 11 is 5.24. The molecular weight excluding hydrogens is 258 g/mol. The van der Waals surface area contributed by atoms with Gasteiger partial charge in [0.05, 0.1) is 0 Å². The summed E-state index contributed by atoms with van der Waals surface area (Å²) in [6.45, 7) is 6.70. The van der Waals surface area contributed by atoms with E-state index in [1.165, 1.54) is 9.35 Å². The zero-order valence-electron chi connectivity index (χ0n) is 8.96. The fourth-order valence-corrected chi connectivity index (χ4v) is 2.90. The van der Waals surface area contributed by atoms with Crippen LogP contribution >= 0.6 is 27.3 Å². The molecule has 0 aromatic carbocycles. The Hall–Kier alpha value is 0.140. The van der Waals surface area contributed by atoms with Crippen molar-refractivity contribution in [3.05, 3.63) is 20.8 Å². The minimum absolute atomic E-state index is 0.278. The molecule has 2 N–H and O–H groups in total. The second kappa shape index (κ2) is 5.29. The lowest BCUT2D eigenvalue weighted by Gasteiger charge is -2.22. The van der Waals surface area contributed by atoms with Crippen LogP contribution in [-0.2, 0) is 6.42 Å². The van der Waals surface area contributed by atoms with E-state index in [4.69, 9.17) is 5.73 Å². The molecule has 0 aliphatic heterocycles. The van der Waals surface area contributed by atoms with Crippen LogP contribution in [0.1, 0.15) is 25.6 Å². The molecule has 0 amide bonds. The standard InChI is InChI=1S/C11H18BrNS/c1-7(2)8(3)11(13)5-10-4-9(12)6-14-10/h4,6-8,11H,5,13H2,1-3H3. The van der Waals surface area contributed by atoms with E-state index in [-0.39, 0.29) is 6.04 Å². The van der Waals surface area contributed by atoms with Gasteiger partial charge in [0, 0.05) is 20.8 Å².